The lowest BCUT2D eigenvalue weighted by Gasteiger charge is -2.08. The molecule has 0 radical (unpaired) electrons. The van der Waals surface area contributed by atoms with E-state index in [9.17, 15) is 15.2 Å². The molecule has 110 valence electrons. The second-order valence-corrected chi connectivity index (χ2v) is 5.95. The van der Waals surface area contributed by atoms with E-state index in [0.717, 1.165) is 16.3 Å². The molecule has 1 N–H and O–H groups in total. The number of nitrogens with zero attached hydrogens (tertiary/aromatic N) is 2. The minimum atomic E-state index is -0.734. The molecule has 0 bridgehead atoms. The molecule has 0 saturated heterocycles. The highest BCUT2D eigenvalue weighted by atomic mass is 32.2. The summed E-state index contributed by atoms with van der Waals surface area (Å²) in [6, 6.07) is 8.61. The van der Waals surface area contributed by atoms with Crippen molar-refractivity contribution >= 4 is 17.4 Å². The van der Waals surface area contributed by atoms with Crippen molar-refractivity contribution in [1.82, 2.24) is 4.98 Å². The smallest absolute Gasteiger partial charge is 0.283 e. The quantitative estimate of drug-likeness (QED) is 0.686. The molecular weight excluding hydrogens is 288 g/mol. The summed E-state index contributed by atoms with van der Waals surface area (Å²) >= 11 is 1.26. The molecule has 5 nitrogen and oxygen atoms in total. The monoisotopic (exact) mass is 304 g/mol. The number of hydrogen-bond donors (Lipinski definition) is 1. The highest BCUT2D eigenvalue weighted by molar-refractivity contribution is 7.99. The van der Waals surface area contributed by atoms with Gasteiger partial charge < -0.3 is 5.11 Å². The summed E-state index contributed by atoms with van der Waals surface area (Å²) in [5.74, 6) is 0. The minimum Gasteiger partial charge on any atom is -0.389 e. The summed E-state index contributed by atoms with van der Waals surface area (Å²) in [6.07, 6.45) is -0.734. The average molecular weight is 304 g/mol. The van der Waals surface area contributed by atoms with Crippen LogP contribution in [0.15, 0.2) is 40.3 Å². The van der Waals surface area contributed by atoms with Gasteiger partial charge in [-0.15, -0.1) is 0 Å². The number of nitro benzene ring substituents is 1. The Hall–Kier alpha value is -1.92. The predicted octanol–water partition coefficient (Wildman–Crippen LogP) is 3.81. The van der Waals surface area contributed by atoms with Crippen LogP contribution in [0.3, 0.4) is 0 Å². The predicted molar refractivity (Wildman–Crippen MR) is 81.6 cm³/mol. The summed E-state index contributed by atoms with van der Waals surface area (Å²) in [6.45, 7) is 5.43. The molecular formula is C15H16N2O3S. The Balaban J connectivity index is 2.41. The maximum absolute atomic E-state index is 11.2. The zero-order chi connectivity index (χ0) is 15.6. The summed E-state index contributed by atoms with van der Waals surface area (Å²) < 4.78 is 0. The van der Waals surface area contributed by atoms with Gasteiger partial charge in [0.25, 0.3) is 5.69 Å². The number of aliphatic hydroxyl groups excluding tert-OH is 1. The fourth-order valence-corrected chi connectivity index (χ4v) is 3.03. The first-order valence-corrected chi connectivity index (χ1v) is 7.28. The van der Waals surface area contributed by atoms with E-state index in [1.807, 2.05) is 26.0 Å². The van der Waals surface area contributed by atoms with Crippen LogP contribution in [0.1, 0.15) is 29.8 Å². The van der Waals surface area contributed by atoms with Crippen LogP contribution in [0.5, 0.6) is 0 Å². The van der Waals surface area contributed by atoms with Gasteiger partial charge >= 0.3 is 0 Å². The molecule has 2 aromatic rings. The van der Waals surface area contributed by atoms with Crippen molar-refractivity contribution < 1.29 is 10.0 Å². The average Bonchev–Trinajstić information content (AvgIpc) is 2.37. The Morgan fingerprint density at radius 2 is 2.00 bits per heavy atom. The zero-order valence-corrected chi connectivity index (χ0v) is 12.8. The Kier molecular flexibility index (Phi) is 4.59. The van der Waals surface area contributed by atoms with Crippen LogP contribution in [-0.4, -0.2) is 15.0 Å². The van der Waals surface area contributed by atoms with Crippen LogP contribution in [-0.2, 0) is 0 Å². The fraction of sp³-hybridized carbons (Fsp3) is 0.267. The molecule has 0 unspecified atom stereocenters. The van der Waals surface area contributed by atoms with E-state index >= 15 is 0 Å². The van der Waals surface area contributed by atoms with Crippen LogP contribution >= 0.6 is 11.8 Å². The lowest BCUT2D eigenvalue weighted by molar-refractivity contribution is -0.387. The Morgan fingerprint density at radius 3 is 2.57 bits per heavy atom. The number of pyridine rings is 1. The number of rotatable bonds is 4. The van der Waals surface area contributed by atoms with E-state index in [4.69, 9.17) is 0 Å². The van der Waals surface area contributed by atoms with Crippen molar-refractivity contribution in [3.63, 3.8) is 0 Å². The number of hydrogen-bond acceptors (Lipinski definition) is 5. The fourth-order valence-electron chi connectivity index (χ4n) is 1.99. The highest BCUT2D eigenvalue weighted by Crippen LogP contribution is 2.35. The molecule has 21 heavy (non-hydrogen) atoms. The van der Waals surface area contributed by atoms with Crippen molar-refractivity contribution in [3.05, 3.63) is 57.3 Å². The number of aliphatic hydroxyl groups is 1. The van der Waals surface area contributed by atoms with E-state index in [1.165, 1.54) is 17.8 Å². The summed E-state index contributed by atoms with van der Waals surface area (Å²) in [5, 5.41) is 21.5. The third-order valence-corrected chi connectivity index (χ3v) is 3.93. The Bertz CT molecular complexity index is 666. The van der Waals surface area contributed by atoms with E-state index in [2.05, 4.69) is 4.98 Å². The first-order chi connectivity index (χ1) is 9.86. The van der Waals surface area contributed by atoms with E-state index < -0.39 is 11.0 Å². The second-order valence-electron chi connectivity index (χ2n) is 4.89. The molecule has 0 aliphatic carbocycles. The molecule has 2 rings (SSSR count). The Morgan fingerprint density at radius 1 is 1.29 bits per heavy atom. The van der Waals surface area contributed by atoms with Gasteiger partial charge in [-0.2, -0.15) is 0 Å². The van der Waals surface area contributed by atoms with Crippen LogP contribution < -0.4 is 0 Å². The minimum absolute atomic E-state index is 0.0145. The van der Waals surface area contributed by atoms with E-state index in [1.54, 1.807) is 19.1 Å². The molecule has 0 amide bonds. The normalized spacial score (nSPS) is 12.2. The van der Waals surface area contributed by atoms with Crippen molar-refractivity contribution in [2.45, 2.75) is 36.8 Å². The molecule has 0 fully saturated rings. The van der Waals surface area contributed by atoms with Gasteiger partial charge in [0.05, 0.1) is 15.9 Å². The number of benzene rings is 1. The lowest BCUT2D eigenvalue weighted by Crippen LogP contribution is -1.97. The molecule has 1 aromatic heterocycles. The van der Waals surface area contributed by atoms with E-state index in [-0.39, 0.29) is 5.69 Å². The van der Waals surface area contributed by atoms with Crippen LogP contribution in [0.4, 0.5) is 5.69 Å². The van der Waals surface area contributed by atoms with Gasteiger partial charge in [0.15, 0.2) is 0 Å². The van der Waals surface area contributed by atoms with Crippen molar-refractivity contribution in [3.8, 4) is 0 Å². The van der Waals surface area contributed by atoms with Crippen molar-refractivity contribution in [2.24, 2.45) is 0 Å². The molecule has 1 heterocycles. The zero-order valence-electron chi connectivity index (χ0n) is 12.0. The van der Waals surface area contributed by atoms with E-state index in [0.29, 0.717) is 10.5 Å². The third kappa shape index (κ3) is 3.80. The second kappa shape index (κ2) is 6.24. The lowest BCUT2D eigenvalue weighted by atomic mass is 10.1. The molecule has 0 saturated carbocycles. The summed E-state index contributed by atoms with van der Waals surface area (Å²) in [4.78, 5) is 15.7. The van der Waals surface area contributed by atoms with Gasteiger partial charge in [0.2, 0.25) is 0 Å². The Labute approximate surface area is 127 Å². The number of aromatic nitrogens is 1. The molecule has 0 aliphatic heterocycles. The van der Waals surface area contributed by atoms with Crippen molar-refractivity contribution in [2.75, 3.05) is 0 Å². The van der Waals surface area contributed by atoms with Crippen LogP contribution in [0, 0.1) is 24.0 Å². The van der Waals surface area contributed by atoms with Gasteiger partial charge in [0.1, 0.15) is 5.03 Å². The SMILES string of the molecule is Cc1cc(C)nc(Sc2ccc([C@H](C)O)cc2[N+](=O)[O-])c1. The van der Waals surface area contributed by atoms with Gasteiger partial charge in [-0.25, -0.2) is 4.98 Å². The topological polar surface area (TPSA) is 76.3 Å². The van der Waals surface area contributed by atoms with Crippen LogP contribution in [0.2, 0.25) is 0 Å². The maximum atomic E-state index is 11.2. The first-order valence-electron chi connectivity index (χ1n) is 6.46. The first kappa shape index (κ1) is 15.5. The summed E-state index contributed by atoms with van der Waals surface area (Å²) in [7, 11) is 0. The highest BCUT2D eigenvalue weighted by Gasteiger charge is 2.18. The van der Waals surface area contributed by atoms with Crippen molar-refractivity contribution in [1.29, 1.82) is 0 Å². The molecule has 1 atom stereocenters. The number of aryl methyl sites for hydroxylation is 2. The van der Waals surface area contributed by atoms with Crippen LogP contribution in [0.25, 0.3) is 0 Å². The van der Waals surface area contributed by atoms with Gasteiger partial charge in [-0.3, -0.25) is 10.1 Å². The van der Waals surface area contributed by atoms with Gasteiger partial charge in [0, 0.05) is 11.8 Å². The van der Waals surface area contributed by atoms with Gasteiger partial charge in [-0.1, -0.05) is 17.8 Å². The largest absolute Gasteiger partial charge is 0.389 e. The molecule has 0 aliphatic rings. The number of nitro groups is 1. The molecule has 6 heteroatoms. The maximum Gasteiger partial charge on any atom is 0.283 e. The molecule has 1 aromatic carbocycles. The molecule has 0 spiro atoms. The van der Waals surface area contributed by atoms with Gasteiger partial charge in [-0.05, 0) is 50.1 Å². The third-order valence-electron chi connectivity index (χ3n) is 2.95. The summed E-state index contributed by atoms with van der Waals surface area (Å²) in [5.41, 5.74) is 2.45. The standard InChI is InChI=1S/C15H16N2O3S/c1-9-6-10(2)16-15(7-9)21-14-5-4-12(11(3)18)8-13(14)17(19)20/h4-8,11,18H,1-3H3/t11-/m0/s1.